The van der Waals surface area contributed by atoms with E-state index < -0.39 is 17.8 Å². The van der Waals surface area contributed by atoms with Gasteiger partial charge in [-0.25, -0.2) is 9.18 Å². The summed E-state index contributed by atoms with van der Waals surface area (Å²) >= 11 is 3.24. The summed E-state index contributed by atoms with van der Waals surface area (Å²) in [7, 11) is 0. The van der Waals surface area contributed by atoms with Gasteiger partial charge in [-0.3, -0.25) is 10.00 Å². The van der Waals surface area contributed by atoms with E-state index in [0.29, 0.717) is 11.0 Å². The van der Waals surface area contributed by atoms with Crippen LogP contribution in [-0.2, 0) is 12.7 Å². The molecule has 0 saturated carbocycles. The van der Waals surface area contributed by atoms with Gasteiger partial charge >= 0.3 is 12.2 Å². The van der Waals surface area contributed by atoms with Crippen LogP contribution in [0.5, 0.6) is 0 Å². The number of aromatic nitrogens is 2. The van der Waals surface area contributed by atoms with Crippen LogP contribution >= 0.6 is 15.9 Å². The number of hydrogen-bond donors (Lipinski definition) is 2. The molecule has 2 N–H and O–H groups in total. The Morgan fingerprint density at radius 3 is 2.43 bits per heavy atom. The van der Waals surface area contributed by atoms with E-state index in [-0.39, 0.29) is 17.3 Å². The first kappa shape index (κ1) is 19.9. The molecule has 10 heteroatoms. The van der Waals surface area contributed by atoms with E-state index in [1.807, 2.05) is 0 Å². The van der Waals surface area contributed by atoms with Crippen molar-refractivity contribution in [2.45, 2.75) is 12.7 Å². The van der Waals surface area contributed by atoms with Gasteiger partial charge in [-0.05, 0) is 45.8 Å². The first-order valence-electron chi connectivity index (χ1n) is 7.94. The van der Waals surface area contributed by atoms with Gasteiger partial charge in [0.1, 0.15) is 5.82 Å². The molecule has 0 radical (unpaired) electrons. The summed E-state index contributed by atoms with van der Waals surface area (Å²) in [5, 5.41) is 8.73. The Balaban J connectivity index is 1.70. The third-order valence-electron chi connectivity index (χ3n) is 3.69. The second-order valence-corrected chi connectivity index (χ2v) is 6.63. The average Bonchev–Trinajstić information content (AvgIpc) is 2.95. The largest absolute Gasteiger partial charge is 0.418 e. The number of nitrogens with zero attached hydrogens (tertiary/aromatic N) is 2. The maximum Gasteiger partial charge on any atom is 0.418 e. The number of urea groups is 1. The summed E-state index contributed by atoms with van der Waals surface area (Å²) in [6, 6.07) is 9.62. The molecular formula is C18H13BrF4N4O. The van der Waals surface area contributed by atoms with Crippen molar-refractivity contribution < 1.29 is 22.4 Å². The number of halogens is 5. The number of amides is 2. The number of hydrogen-bond acceptors (Lipinski definition) is 2. The third-order valence-corrected chi connectivity index (χ3v) is 4.27. The fourth-order valence-electron chi connectivity index (χ4n) is 2.44. The van der Waals surface area contributed by atoms with Gasteiger partial charge in [0, 0.05) is 6.20 Å². The van der Waals surface area contributed by atoms with Crippen LogP contribution in [-0.4, -0.2) is 15.8 Å². The van der Waals surface area contributed by atoms with E-state index in [1.54, 1.807) is 18.3 Å². The number of anilines is 2. The van der Waals surface area contributed by atoms with E-state index in [4.69, 9.17) is 0 Å². The molecule has 0 spiro atoms. The van der Waals surface area contributed by atoms with Crippen LogP contribution in [0.15, 0.2) is 59.2 Å². The molecule has 2 aromatic carbocycles. The molecular weight excluding hydrogens is 444 g/mol. The van der Waals surface area contributed by atoms with E-state index in [2.05, 4.69) is 31.7 Å². The number of carbonyl (C=O) groups is 1. The van der Waals surface area contributed by atoms with Gasteiger partial charge in [-0.2, -0.15) is 18.3 Å². The molecule has 5 nitrogen and oxygen atoms in total. The Morgan fingerprint density at radius 2 is 1.75 bits per heavy atom. The lowest BCUT2D eigenvalue weighted by atomic mass is 10.1. The zero-order valence-electron chi connectivity index (χ0n) is 14.1. The molecule has 0 unspecified atom stereocenters. The number of para-hydroxylation sites is 1. The van der Waals surface area contributed by atoms with Crippen LogP contribution in [0.1, 0.15) is 11.1 Å². The molecule has 1 heterocycles. The topological polar surface area (TPSA) is 59.0 Å². The van der Waals surface area contributed by atoms with Gasteiger partial charge in [-0.15, -0.1) is 0 Å². The van der Waals surface area contributed by atoms with Crippen molar-refractivity contribution in [3.63, 3.8) is 0 Å². The molecule has 146 valence electrons. The molecule has 2 amide bonds. The first-order chi connectivity index (χ1) is 13.2. The Kier molecular flexibility index (Phi) is 5.68. The molecule has 3 rings (SSSR count). The van der Waals surface area contributed by atoms with Crippen molar-refractivity contribution in [1.29, 1.82) is 0 Å². The number of rotatable bonds is 4. The summed E-state index contributed by atoms with van der Waals surface area (Å²) < 4.78 is 53.9. The minimum absolute atomic E-state index is 0.129. The van der Waals surface area contributed by atoms with E-state index >= 15 is 0 Å². The summed E-state index contributed by atoms with van der Waals surface area (Å²) in [4.78, 5) is 12.1. The number of carbonyl (C=O) groups excluding carboxylic acids is 1. The normalized spacial score (nSPS) is 11.3. The summed E-state index contributed by atoms with van der Waals surface area (Å²) in [5.74, 6) is -0.229. The van der Waals surface area contributed by atoms with Crippen molar-refractivity contribution in [1.82, 2.24) is 9.78 Å². The number of nitrogens with one attached hydrogen (secondary N) is 2. The molecule has 0 bridgehead atoms. The molecule has 1 aromatic heterocycles. The lowest BCUT2D eigenvalue weighted by Crippen LogP contribution is -2.22. The van der Waals surface area contributed by atoms with Gasteiger partial charge in [0.25, 0.3) is 0 Å². The Hall–Kier alpha value is -2.88. The standard InChI is InChI=1S/C18H13BrF4N4O/c19-14-10-27(9-11-5-7-12(20)8-6-11)26-16(14)25-17(28)24-15-4-2-1-3-13(15)18(21,22)23/h1-8,10H,9H2,(H2,24,25,26,28). The number of benzene rings is 2. The zero-order chi connectivity index (χ0) is 20.3. The second-order valence-electron chi connectivity index (χ2n) is 5.77. The summed E-state index contributed by atoms with van der Waals surface area (Å²) in [6.07, 6.45) is -3.01. The minimum Gasteiger partial charge on any atom is -0.307 e. The SMILES string of the molecule is O=C(Nc1ccccc1C(F)(F)F)Nc1nn(Cc2ccc(F)cc2)cc1Br. The maximum absolute atomic E-state index is 13.0. The van der Waals surface area contributed by atoms with Gasteiger partial charge in [0.2, 0.25) is 0 Å². The van der Waals surface area contributed by atoms with Crippen LogP contribution in [0, 0.1) is 5.82 Å². The highest BCUT2D eigenvalue weighted by Crippen LogP contribution is 2.34. The molecule has 28 heavy (non-hydrogen) atoms. The second kappa shape index (κ2) is 8.01. The minimum atomic E-state index is -4.60. The van der Waals surface area contributed by atoms with E-state index in [9.17, 15) is 22.4 Å². The average molecular weight is 457 g/mol. The van der Waals surface area contributed by atoms with Gasteiger partial charge in [0.05, 0.1) is 22.3 Å². The van der Waals surface area contributed by atoms with Crippen LogP contribution in [0.4, 0.5) is 33.9 Å². The Morgan fingerprint density at radius 1 is 1.07 bits per heavy atom. The predicted molar refractivity (Wildman–Crippen MR) is 99.5 cm³/mol. The molecule has 0 saturated heterocycles. The highest BCUT2D eigenvalue weighted by atomic mass is 79.9. The van der Waals surface area contributed by atoms with Crippen molar-refractivity contribution in [2.24, 2.45) is 0 Å². The van der Waals surface area contributed by atoms with Crippen molar-refractivity contribution in [3.8, 4) is 0 Å². The lowest BCUT2D eigenvalue weighted by molar-refractivity contribution is -0.136. The fraction of sp³-hybridized carbons (Fsp3) is 0.111. The quantitative estimate of drug-likeness (QED) is 0.509. The lowest BCUT2D eigenvalue weighted by Gasteiger charge is -2.13. The van der Waals surface area contributed by atoms with Crippen molar-refractivity contribution >= 4 is 33.5 Å². The van der Waals surface area contributed by atoms with Crippen LogP contribution in [0.3, 0.4) is 0 Å². The summed E-state index contributed by atoms with van der Waals surface area (Å²) in [5.41, 5.74) is -0.535. The smallest absolute Gasteiger partial charge is 0.307 e. The molecule has 0 aliphatic rings. The van der Waals surface area contributed by atoms with E-state index in [1.165, 1.54) is 28.9 Å². The molecule has 0 atom stereocenters. The van der Waals surface area contributed by atoms with Crippen LogP contribution in [0.2, 0.25) is 0 Å². The summed E-state index contributed by atoms with van der Waals surface area (Å²) in [6.45, 7) is 0.319. The van der Waals surface area contributed by atoms with Gasteiger partial charge in [-0.1, -0.05) is 24.3 Å². The first-order valence-corrected chi connectivity index (χ1v) is 8.73. The highest BCUT2D eigenvalue weighted by Gasteiger charge is 2.33. The highest BCUT2D eigenvalue weighted by molar-refractivity contribution is 9.10. The molecule has 3 aromatic rings. The van der Waals surface area contributed by atoms with Crippen LogP contribution < -0.4 is 10.6 Å². The van der Waals surface area contributed by atoms with Gasteiger partial charge < -0.3 is 5.32 Å². The molecule has 0 aliphatic carbocycles. The number of alkyl halides is 3. The van der Waals surface area contributed by atoms with Gasteiger partial charge in [0.15, 0.2) is 5.82 Å². The molecule has 0 fully saturated rings. The Bertz CT molecular complexity index is 986. The Labute approximate surface area is 165 Å². The van der Waals surface area contributed by atoms with Crippen molar-refractivity contribution in [3.05, 3.63) is 76.1 Å². The van der Waals surface area contributed by atoms with Crippen LogP contribution in [0.25, 0.3) is 0 Å². The monoisotopic (exact) mass is 456 g/mol. The van der Waals surface area contributed by atoms with Crippen molar-refractivity contribution in [2.75, 3.05) is 10.6 Å². The third kappa shape index (κ3) is 4.89. The fourth-order valence-corrected chi connectivity index (χ4v) is 2.85. The predicted octanol–water partition coefficient (Wildman–Crippen LogP) is 5.50. The van der Waals surface area contributed by atoms with E-state index in [0.717, 1.165) is 17.7 Å². The molecule has 0 aliphatic heterocycles. The zero-order valence-corrected chi connectivity index (χ0v) is 15.7. The maximum atomic E-state index is 13.0.